The van der Waals surface area contributed by atoms with E-state index in [0.29, 0.717) is 23.6 Å². The second-order valence-corrected chi connectivity index (χ2v) is 7.89. The number of hydrogen-bond acceptors (Lipinski definition) is 5. The summed E-state index contributed by atoms with van der Waals surface area (Å²) in [7, 11) is -3.51. The Labute approximate surface area is 147 Å². The normalized spacial score (nSPS) is 21.8. The molecule has 9 heteroatoms. The van der Waals surface area contributed by atoms with Crippen LogP contribution in [-0.4, -0.2) is 63.8 Å². The molecule has 3 rings (SSSR count). The Hall–Kier alpha value is -2.13. The number of amidine groups is 1. The lowest BCUT2D eigenvalue weighted by Crippen LogP contribution is -2.30. The molecule has 0 aliphatic carbocycles. The van der Waals surface area contributed by atoms with Crippen molar-refractivity contribution >= 4 is 27.6 Å². The lowest BCUT2D eigenvalue weighted by atomic mass is 10.1. The van der Waals surface area contributed by atoms with Crippen LogP contribution in [-0.2, 0) is 14.8 Å². The number of likely N-dealkylation sites (tertiary alicyclic amines) is 1. The Morgan fingerprint density at radius 1 is 1.28 bits per heavy atom. The van der Waals surface area contributed by atoms with Crippen LogP contribution in [0.25, 0.3) is 0 Å². The largest absolute Gasteiger partial charge is 0.443 e. The highest BCUT2D eigenvalue weighted by Gasteiger charge is 2.31. The number of hydrogen-bond donors (Lipinski definition) is 1. The smallest absolute Gasteiger partial charge is 0.414 e. The first kappa shape index (κ1) is 17.7. The molecular formula is C16H22N4O4S. The third kappa shape index (κ3) is 4.10. The number of benzene rings is 1. The summed E-state index contributed by atoms with van der Waals surface area (Å²) in [6.07, 6.45) is 2.39. The number of rotatable bonds is 4. The minimum atomic E-state index is -3.51. The fourth-order valence-electron chi connectivity index (χ4n) is 3.02. The Kier molecular flexibility index (Phi) is 4.96. The highest BCUT2D eigenvalue weighted by molar-refractivity contribution is 7.89. The zero-order valence-corrected chi connectivity index (χ0v) is 14.9. The molecule has 1 amide bonds. The molecule has 0 bridgehead atoms. The molecule has 0 spiro atoms. The Morgan fingerprint density at radius 3 is 2.44 bits per heavy atom. The Morgan fingerprint density at radius 2 is 1.92 bits per heavy atom. The molecule has 2 N–H and O–H groups in total. The van der Waals surface area contributed by atoms with Crippen molar-refractivity contribution < 1.29 is 17.9 Å². The fraction of sp³-hybridized carbons (Fsp3) is 0.500. The summed E-state index contributed by atoms with van der Waals surface area (Å²) in [4.78, 5) is 15.4. The molecule has 2 aliphatic heterocycles. The Balaban J connectivity index is 1.87. The molecule has 136 valence electrons. The number of cyclic esters (lactones) is 1. The molecule has 25 heavy (non-hydrogen) atoms. The number of amides is 1. The first-order chi connectivity index (χ1) is 11.9. The summed E-state index contributed by atoms with van der Waals surface area (Å²) < 4.78 is 32.4. The second kappa shape index (κ2) is 7.01. The lowest BCUT2D eigenvalue weighted by molar-refractivity contribution is 0.145. The second-order valence-electron chi connectivity index (χ2n) is 6.24. The summed E-state index contributed by atoms with van der Waals surface area (Å²) in [5.74, 6) is 0.454. The third-order valence-electron chi connectivity index (χ3n) is 4.23. The molecule has 2 saturated heterocycles. The van der Waals surface area contributed by atoms with E-state index in [2.05, 4.69) is 4.40 Å². The average molecular weight is 366 g/mol. The number of nitrogens with zero attached hydrogens (tertiary/aromatic N) is 3. The first-order valence-corrected chi connectivity index (χ1v) is 10.1. The van der Waals surface area contributed by atoms with E-state index in [0.717, 1.165) is 32.2 Å². The predicted octanol–water partition coefficient (Wildman–Crippen LogP) is 0.772. The molecule has 0 saturated carbocycles. The van der Waals surface area contributed by atoms with Crippen molar-refractivity contribution in [1.82, 2.24) is 4.90 Å². The van der Waals surface area contributed by atoms with Crippen molar-refractivity contribution in [2.75, 3.05) is 37.3 Å². The van der Waals surface area contributed by atoms with E-state index in [1.165, 1.54) is 4.90 Å². The van der Waals surface area contributed by atoms with Gasteiger partial charge in [0.15, 0.2) is 0 Å². The summed E-state index contributed by atoms with van der Waals surface area (Å²) in [6.45, 7) is 2.25. The quantitative estimate of drug-likeness (QED) is 0.623. The van der Waals surface area contributed by atoms with Crippen LogP contribution < -0.4 is 10.6 Å². The van der Waals surface area contributed by atoms with Crippen LogP contribution in [0.1, 0.15) is 18.4 Å². The van der Waals surface area contributed by atoms with Crippen LogP contribution in [0.15, 0.2) is 28.7 Å². The average Bonchev–Trinajstić information content (AvgIpc) is 3.21. The van der Waals surface area contributed by atoms with Crippen molar-refractivity contribution in [3.63, 3.8) is 0 Å². The third-order valence-corrected chi connectivity index (χ3v) is 4.74. The molecule has 1 aromatic carbocycles. The molecule has 1 aromatic rings. The van der Waals surface area contributed by atoms with Crippen LogP contribution in [0.4, 0.5) is 10.5 Å². The zero-order valence-electron chi connectivity index (χ0n) is 14.1. The van der Waals surface area contributed by atoms with E-state index in [9.17, 15) is 13.2 Å². The van der Waals surface area contributed by atoms with Crippen LogP contribution in [0.5, 0.6) is 0 Å². The number of sulfonamides is 1. The molecule has 1 atom stereocenters. The van der Waals surface area contributed by atoms with Gasteiger partial charge >= 0.3 is 6.09 Å². The number of ether oxygens (including phenoxy) is 1. The van der Waals surface area contributed by atoms with Crippen molar-refractivity contribution in [2.45, 2.75) is 18.9 Å². The molecule has 0 aromatic heterocycles. The lowest BCUT2D eigenvalue weighted by Gasteiger charge is -2.20. The zero-order chi connectivity index (χ0) is 18.0. The summed E-state index contributed by atoms with van der Waals surface area (Å²) >= 11 is 0. The number of carbonyl (C=O) groups is 1. The van der Waals surface area contributed by atoms with E-state index >= 15 is 0 Å². The fourth-order valence-corrected chi connectivity index (χ4v) is 3.56. The maximum atomic E-state index is 11.9. The van der Waals surface area contributed by atoms with E-state index in [4.69, 9.17) is 10.5 Å². The summed E-state index contributed by atoms with van der Waals surface area (Å²) in [5.41, 5.74) is 6.94. The van der Waals surface area contributed by atoms with Crippen molar-refractivity contribution in [3.05, 3.63) is 29.8 Å². The van der Waals surface area contributed by atoms with E-state index in [1.54, 1.807) is 24.3 Å². The van der Waals surface area contributed by atoms with Gasteiger partial charge in [-0.15, -0.1) is 4.40 Å². The molecule has 0 radical (unpaired) electrons. The van der Waals surface area contributed by atoms with Crippen LogP contribution >= 0.6 is 0 Å². The van der Waals surface area contributed by atoms with E-state index < -0.39 is 16.1 Å². The SMILES string of the molecule is CS(=O)(=O)N=C(c1ccc(N2CC(CN)OC2=O)cc1)N1CCCC1. The van der Waals surface area contributed by atoms with Gasteiger partial charge in [-0.2, -0.15) is 0 Å². The van der Waals surface area contributed by atoms with Crippen LogP contribution in [0.2, 0.25) is 0 Å². The van der Waals surface area contributed by atoms with Gasteiger partial charge < -0.3 is 15.4 Å². The number of carbonyl (C=O) groups excluding carboxylic acids is 1. The first-order valence-electron chi connectivity index (χ1n) is 8.21. The standard InChI is InChI=1S/C16H22N4O4S/c1-25(22,23)18-15(19-8-2-3-9-19)12-4-6-13(7-5-12)20-11-14(10-17)24-16(20)21/h4-7,14H,2-3,8-11,17H2,1H3. The molecule has 1 unspecified atom stereocenters. The maximum absolute atomic E-state index is 11.9. The van der Waals surface area contributed by atoms with Crippen molar-refractivity contribution in [2.24, 2.45) is 10.1 Å². The van der Waals surface area contributed by atoms with Gasteiger partial charge in [0.2, 0.25) is 0 Å². The highest BCUT2D eigenvalue weighted by Crippen LogP contribution is 2.23. The molecule has 2 fully saturated rings. The highest BCUT2D eigenvalue weighted by atomic mass is 32.2. The predicted molar refractivity (Wildman–Crippen MR) is 95.3 cm³/mol. The minimum absolute atomic E-state index is 0.278. The van der Waals surface area contributed by atoms with Crippen LogP contribution in [0.3, 0.4) is 0 Å². The van der Waals surface area contributed by atoms with Gasteiger partial charge in [-0.25, -0.2) is 13.2 Å². The van der Waals surface area contributed by atoms with Gasteiger partial charge in [0.1, 0.15) is 11.9 Å². The number of anilines is 1. The van der Waals surface area contributed by atoms with Gasteiger partial charge in [0.05, 0.1) is 12.8 Å². The molecular weight excluding hydrogens is 344 g/mol. The molecule has 2 heterocycles. The Bertz CT molecular complexity index is 770. The van der Waals surface area contributed by atoms with Gasteiger partial charge in [0.25, 0.3) is 10.0 Å². The van der Waals surface area contributed by atoms with Crippen LogP contribution in [0, 0.1) is 0 Å². The maximum Gasteiger partial charge on any atom is 0.414 e. The van der Waals surface area contributed by atoms with Gasteiger partial charge in [-0.1, -0.05) is 0 Å². The molecule has 2 aliphatic rings. The van der Waals surface area contributed by atoms with Gasteiger partial charge in [-0.3, -0.25) is 4.90 Å². The summed E-state index contributed by atoms with van der Waals surface area (Å²) in [5, 5.41) is 0. The van der Waals surface area contributed by atoms with E-state index in [-0.39, 0.29) is 12.6 Å². The van der Waals surface area contributed by atoms with Gasteiger partial charge in [0, 0.05) is 30.9 Å². The molecule has 8 nitrogen and oxygen atoms in total. The summed E-state index contributed by atoms with van der Waals surface area (Å²) in [6, 6.07) is 7.09. The minimum Gasteiger partial charge on any atom is -0.443 e. The van der Waals surface area contributed by atoms with Crippen molar-refractivity contribution in [3.8, 4) is 0 Å². The van der Waals surface area contributed by atoms with Gasteiger partial charge in [-0.05, 0) is 37.1 Å². The van der Waals surface area contributed by atoms with E-state index in [1.807, 2.05) is 4.90 Å². The monoisotopic (exact) mass is 366 g/mol. The topological polar surface area (TPSA) is 105 Å². The number of nitrogens with two attached hydrogens (primary N) is 1. The van der Waals surface area contributed by atoms with Crippen molar-refractivity contribution in [1.29, 1.82) is 0 Å².